The van der Waals surface area contributed by atoms with Crippen LogP contribution in [0.3, 0.4) is 0 Å². The van der Waals surface area contributed by atoms with Crippen molar-refractivity contribution in [2.75, 3.05) is 25.7 Å². The first-order valence-electron chi connectivity index (χ1n) is 3.08. The van der Waals surface area contributed by atoms with Crippen LogP contribution in [0.2, 0.25) is 0 Å². The molecule has 0 rings (SSSR count). The lowest BCUT2D eigenvalue weighted by Gasteiger charge is -1.98. The van der Waals surface area contributed by atoms with E-state index in [1.165, 1.54) is 14.2 Å². The fourth-order valence-electron chi connectivity index (χ4n) is 0.432. The van der Waals surface area contributed by atoms with Crippen molar-refractivity contribution in [1.29, 1.82) is 0 Å². The van der Waals surface area contributed by atoms with E-state index in [0.29, 0.717) is 0 Å². The maximum Gasteiger partial charge on any atom is 0.318 e. The molecular formula is C6H10O5S. The largest absolute Gasteiger partial charge is 0.468 e. The number of esters is 2. The van der Waals surface area contributed by atoms with Crippen molar-refractivity contribution >= 4 is 22.7 Å². The first kappa shape index (κ1) is 11.1. The molecule has 0 amide bonds. The summed E-state index contributed by atoms with van der Waals surface area (Å²) in [6.07, 6.45) is 0. The van der Waals surface area contributed by atoms with Gasteiger partial charge in [-0.3, -0.25) is 13.8 Å². The molecule has 0 saturated heterocycles. The second kappa shape index (κ2) is 5.70. The van der Waals surface area contributed by atoms with Gasteiger partial charge in [-0.2, -0.15) is 0 Å². The molecule has 12 heavy (non-hydrogen) atoms. The summed E-state index contributed by atoms with van der Waals surface area (Å²) in [4.78, 5) is 21.0. The number of methoxy groups -OCH3 is 2. The highest BCUT2D eigenvalue weighted by molar-refractivity contribution is 7.86. The monoisotopic (exact) mass is 194 g/mol. The topological polar surface area (TPSA) is 69.7 Å². The molecular weight excluding hydrogens is 184 g/mol. The third kappa shape index (κ3) is 4.84. The van der Waals surface area contributed by atoms with Crippen LogP contribution in [-0.4, -0.2) is 41.9 Å². The van der Waals surface area contributed by atoms with E-state index >= 15 is 0 Å². The van der Waals surface area contributed by atoms with Crippen molar-refractivity contribution in [3.8, 4) is 0 Å². The average Bonchev–Trinajstić information content (AvgIpc) is 2.03. The fraction of sp³-hybridized carbons (Fsp3) is 0.667. The van der Waals surface area contributed by atoms with Crippen LogP contribution in [0.1, 0.15) is 0 Å². The van der Waals surface area contributed by atoms with Crippen LogP contribution in [0.25, 0.3) is 0 Å². The standard InChI is InChI=1S/C6H10O5S/c1-10-5(7)3-12(9)4-6(8)11-2/h3-4H2,1-2H3. The molecule has 6 heteroatoms. The zero-order chi connectivity index (χ0) is 9.56. The third-order valence-electron chi connectivity index (χ3n) is 1.01. The van der Waals surface area contributed by atoms with Gasteiger partial charge in [0.05, 0.1) is 14.2 Å². The molecule has 0 aliphatic rings. The SMILES string of the molecule is COC(=O)CS(=O)CC(=O)OC. The van der Waals surface area contributed by atoms with Gasteiger partial charge in [0, 0.05) is 10.8 Å². The van der Waals surface area contributed by atoms with Gasteiger partial charge in [0.1, 0.15) is 11.5 Å². The lowest BCUT2D eigenvalue weighted by atomic mass is 10.8. The molecule has 70 valence electrons. The molecule has 0 radical (unpaired) electrons. The first-order valence-corrected chi connectivity index (χ1v) is 4.57. The molecule has 5 nitrogen and oxygen atoms in total. The maximum atomic E-state index is 10.9. The Bertz CT molecular complexity index is 180. The molecule has 0 unspecified atom stereocenters. The van der Waals surface area contributed by atoms with Crippen LogP contribution in [-0.2, 0) is 29.9 Å². The summed E-state index contributed by atoms with van der Waals surface area (Å²) in [6, 6.07) is 0. The van der Waals surface area contributed by atoms with E-state index in [2.05, 4.69) is 9.47 Å². The van der Waals surface area contributed by atoms with Crippen molar-refractivity contribution < 1.29 is 23.3 Å². The molecule has 0 aromatic heterocycles. The molecule has 0 spiro atoms. The van der Waals surface area contributed by atoms with Gasteiger partial charge in [-0.05, 0) is 0 Å². The molecule has 0 atom stereocenters. The van der Waals surface area contributed by atoms with E-state index in [1.54, 1.807) is 0 Å². The Kier molecular flexibility index (Phi) is 5.27. The summed E-state index contributed by atoms with van der Waals surface area (Å²) in [5, 5.41) is 0. The molecule has 0 aromatic rings. The normalized spacial score (nSPS) is 9.58. The Hall–Kier alpha value is -0.910. The van der Waals surface area contributed by atoms with Gasteiger partial charge in [-0.25, -0.2) is 0 Å². The molecule has 0 heterocycles. The summed E-state index contributed by atoms with van der Waals surface area (Å²) in [5.41, 5.74) is 0. The molecule has 0 N–H and O–H groups in total. The van der Waals surface area contributed by atoms with E-state index < -0.39 is 22.7 Å². The van der Waals surface area contributed by atoms with Crippen molar-refractivity contribution in [2.45, 2.75) is 0 Å². The maximum absolute atomic E-state index is 10.9. The molecule has 0 fully saturated rings. The van der Waals surface area contributed by atoms with Crippen molar-refractivity contribution in [3.63, 3.8) is 0 Å². The van der Waals surface area contributed by atoms with E-state index in [0.717, 1.165) is 0 Å². The second-order valence-corrected chi connectivity index (χ2v) is 3.34. The van der Waals surface area contributed by atoms with Gasteiger partial charge in [0.15, 0.2) is 0 Å². The van der Waals surface area contributed by atoms with E-state index in [4.69, 9.17) is 0 Å². The predicted molar refractivity (Wildman–Crippen MR) is 41.9 cm³/mol. The third-order valence-corrected chi connectivity index (χ3v) is 2.13. The molecule has 0 aromatic carbocycles. The highest BCUT2D eigenvalue weighted by Crippen LogP contribution is 1.86. The Labute approximate surface area is 72.5 Å². The number of hydrogen-bond acceptors (Lipinski definition) is 5. The Morgan fingerprint density at radius 3 is 1.67 bits per heavy atom. The lowest BCUT2D eigenvalue weighted by molar-refractivity contribution is -0.137. The van der Waals surface area contributed by atoms with Gasteiger partial charge in [-0.15, -0.1) is 0 Å². The molecule has 0 aliphatic heterocycles. The van der Waals surface area contributed by atoms with Crippen LogP contribution in [0.15, 0.2) is 0 Å². The summed E-state index contributed by atoms with van der Waals surface area (Å²) in [7, 11) is 0.855. The average molecular weight is 194 g/mol. The predicted octanol–water partition coefficient (Wildman–Crippen LogP) is -0.919. The Morgan fingerprint density at radius 1 is 1.08 bits per heavy atom. The van der Waals surface area contributed by atoms with Crippen LogP contribution in [0.5, 0.6) is 0 Å². The number of ether oxygens (including phenoxy) is 2. The first-order chi connectivity index (χ1) is 5.60. The number of carbonyl (C=O) groups is 2. The van der Waals surface area contributed by atoms with Gasteiger partial charge in [0.25, 0.3) is 0 Å². The molecule has 0 bridgehead atoms. The van der Waals surface area contributed by atoms with Crippen LogP contribution >= 0.6 is 0 Å². The van der Waals surface area contributed by atoms with E-state index in [1.807, 2.05) is 0 Å². The quantitative estimate of drug-likeness (QED) is 0.541. The minimum atomic E-state index is -1.53. The van der Waals surface area contributed by atoms with Gasteiger partial charge < -0.3 is 9.47 Å². The smallest absolute Gasteiger partial charge is 0.318 e. The number of rotatable bonds is 4. The zero-order valence-electron chi connectivity index (χ0n) is 6.86. The van der Waals surface area contributed by atoms with Gasteiger partial charge >= 0.3 is 11.9 Å². The molecule has 0 aliphatic carbocycles. The van der Waals surface area contributed by atoms with Crippen molar-refractivity contribution in [1.82, 2.24) is 0 Å². The minimum absolute atomic E-state index is 0.272. The Balaban J connectivity index is 3.74. The van der Waals surface area contributed by atoms with Crippen LogP contribution in [0.4, 0.5) is 0 Å². The zero-order valence-corrected chi connectivity index (χ0v) is 7.68. The number of carbonyl (C=O) groups excluding carboxylic acids is 2. The highest BCUT2D eigenvalue weighted by Gasteiger charge is 2.12. The minimum Gasteiger partial charge on any atom is -0.468 e. The Morgan fingerprint density at radius 2 is 1.42 bits per heavy atom. The molecule has 0 saturated carbocycles. The summed E-state index contributed by atoms with van der Waals surface area (Å²) < 4.78 is 19.4. The van der Waals surface area contributed by atoms with E-state index in [-0.39, 0.29) is 11.5 Å². The fourth-order valence-corrected chi connectivity index (χ4v) is 1.30. The van der Waals surface area contributed by atoms with Gasteiger partial charge in [-0.1, -0.05) is 0 Å². The van der Waals surface area contributed by atoms with Crippen LogP contribution < -0.4 is 0 Å². The summed E-state index contributed by atoms with van der Waals surface area (Å²) in [5.74, 6) is -1.74. The summed E-state index contributed by atoms with van der Waals surface area (Å²) in [6.45, 7) is 0. The second-order valence-electron chi connectivity index (χ2n) is 1.88. The summed E-state index contributed by atoms with van der Waals surface area (Å²) >= 11 is 0. The lowest BCUT2D eigenvalue weighted by Crippen LogP contribution is -2.19. The van der Waals surface area contributed by atoms with Gasteiger partial charge in [0.2, 0.25) is 0 Å². The van der Waals surface area contributed by atoms with E-state index in [9.17, 15) is 13.8 Å². The van der Waals surface area contributed by atoms with Crippen molar-refractivity contribution in [2.24, 2.45) is 0 Å². The highest BCUT2D eigenvalue weighted by atomic mass is 32.2. The number of hydrogen-bond donors (Lipinski definition) is 0. The van der Waals surface area contributed by atoms with Crippen molar-refractivity contribution in [3.05, 3.63) is 0 Å². The van der Waals surface area contributed by atoms with Crippen LogP contribution in [0, 0.1) is 0 Å².